The molecule has 0 amide bonds. The standard InChI is InChI=1S/C17H22F2N4O2S/c1-4-12-9-21-15(26-12)10-23-17(20-2)22-8-11-5-6-13(24-3)14(7-11)25-16(18)19/h5-7,9,16H,4,8,10H2,1-3H3,(H2,20,22,23). The van der Waals surface area contributed by atoms with Crippen LogP contribution in [0.1, 0.15) is 22.4 Å². The molecule has 1 aromatic carbocycles. The quantitative estimate of drug-likeness (QED) is 0.541. The van der Waals surface area contributed by atoms with Crippen molar-refractivity contribution in [1.29, 1.82) is 0 Å². The van der Waals surface area contributed by atoms with Gasteiger partial charge in [-0.05, 0) is 24.1 Å². The zero-order chi connectivity index (χ0) is 18.9. The fraction of sp³-hybridized carbons (Fsp3) is 0.412. The highest BCUT2D eigenvalue weighted by Crippen LogP contribution is 2.29. The van der Waals surface area contributed by atoms with E-state index < -0.39 is 6.61 Å². The smallest absolute Gasteiger partial charge is 0.387 e. The first-order chi connectivity index (χ1) is 12.5. The lowest BCUT2D eigenvalue weighted by Crippen LogP contribution is -2.36. The van der Waals surface area contributed by atoms with Crippen LogP contribution in [-0.4, -0.2) is 31.7 Å². The van der Waals surface area contributed by atoms with Crippen LogP contribution in [-0.2, 0) is 19.5 Å². The van der Waals surface area contributed by atoms with Gasteiger partial charge in [0, 0.05) is 24.7 Å². The second kappa shape index (κ2) is 9.91. The molecule has 0 spiro atoms. The molecule has 26 heavy (non-hydrogen) atoms. The van der Waals surface area contributed by atoms with E-state index in [0.717, 1.165) is 17.0 Å². The van der Waals surface area contributed by atoms with Crippen LogP contribution in [0.4, 0.5) is 8.78 Å². The van der Waals surface area contributed by atoms with E-state index in [0.29, 0.717) is 19.0 Å². The van der Waals surface area contributed by atoms with Crippen LogP contribution in [0, 0.1) is 0 Å². The van der Waals surface area contributed by atoms with Crippen molar-refractivity contribution in [3.63, 3.8) is 0 Å². The summed E-state index contributed by atoms with van der Waals surface area (Å²) in [5.74, 6) is 0.845. The molecule has 0 fully saturated rings. The first kappa shape index (κ1) is 19.9. The van der Waals surface area contributed by atoms with Crippen LogP contribution in [0.15, 0.2) is 29.4 Å². The molecule has 2 aromatic rings. The maximum atomic E-state index is 12.5. The van der Waals surface area contributed by atoms with Gasteiger partial charge >= 0.3 is 6.61 Å². The summed E-state index contributed by atoms with van der Waals surface area (Å²) >= 11 is 1.65. The minimum Gasteiger partial charge on any atom is -0.493 e. The molecule has 0 unspecified atom stereocenters. The Morgan fingerprint density at radius 2 is 2.04 bits per heavy atom. The number of hydrogen-bond acceptors (Lipinski definition) is 5. The van der Waals surface area contributed by atoms with Gasteiger partial charge in [-0.1, -0.05) is 13.0 Å². The number of guanidine groups is 1. The summed E-state index contributed by atoms with van der Waals surface area (Å²) in [6.07, 6.45) is 2.84. The first-order valence-electron chi connectivity index (χ1n) is 8.05. The van der Waals surface area contributed by atoms with Gasteiger partial charge < -0.3 is 20.1 Å². The van der Waals surface area contributed by atoms with Crippen molar-refractivity contribution in [2.24, 2.45) is 4.99 Å². The number of nitrogens with zero attached hydrogens (tertiary/aromatic N) is 2. The molecule has 9 heteroatoms. The number of aromatic nitrogens is 1. The Morgan fingerprint density at radius 1 is 1.27 bits per heavy atom. The second-order valence-corrected chi connectivity index (χ2v) is 6.42. The van der Waals surface area contributed by atoms with Crippen molar-refractivity contribution >= 4 is 17.3 Å². The number of rotatable bonds is 8. The average molecular weight is 384 g/mol. The molecule has 0 aliphatic carbocycles. The van der Waals surface area contributed by atoms with Gasteiger partial charge in [0.2, 0.25) is 0 Å². The van der Waals surface area contributed by atoms with Crippen molar-refractivity contribution in [2.45, 2.75) is 33.0 Å². The van der Waals surface area contributed by atoms with E-state index in [4.69, 9.17) is 4.74 Å². The lowest BCUT2D eigenvalue weighted by molar-refractivity contribution is -0.0512. The van der Waals surface area contributed by atoms with Gasteiger partial charge in [0.05, 0.1) is 13.7 Å². The molecule has 0 aliphatic rings. The zero-order valence-electron chi connectivity index (χ0n) is 14.9. The fourth-order valence-corrected chi connectivity index (χ4v) is 2.98. The molecule has 0 saturated carbocycles. The van der Waals surface area contributed by atoms with Gasteiger partial charge in [0.25, 0.3) is 0 Å². The summed E-state index contributed by atoms with van der Waals surface area (Å²) in [6.45, 7) is 0.132. The Kier molecular flexibility index (Phi) is 7.58. The second-order valence-electron chi connectivity index (χ2n) is 5.22. The largest absolute Gasteiger partial charge is 0.493 e. The van der Waals surface area contributed by atoms with Gasteiger partial charge in [-0.15, -0.1) is 11.3 Å². The summed E-state index contributed by atoms with van der Waals surface area (Å²) in [6, 6.07) is 4.87. The minimum atomic E-state index is -2.91. The number of aliphatic imine (C=N–C) groups is 1. The molecule has 0 saturated heterocycles. The summed E-state index contributed by atoms with van der Waals surface area (Å²) in [4.78, 5) is 9.72. The molecular weight excluding hydrogens is 362 g/mol. The molecule has 0 atom stereocenters. The van der Waals surface area contributed by atoms with E-state index in [2.05, 4.69) is 32.3 Å². The number of alkyl halides is 2. The lowest BCUT2D eigenvalue weighted by Gasteiger charge is -2.14. The maximum Gasteiger partial charge on any atom is 0.387 e. The average Bonchev–Trinajstić information content (AvgIpc) is 3.09. The highest BCUT2D eigenvalue weighted by Gasteiger charge is 2.11. The number of halogens is 2. The van der Waals surface area contributed by atoms with Gasteiger partial charge in [0.15, 0.2) is 17.5 Å². The van der Waals surface area contributed by atoms with Crippen molar-refractivity contribution in [3.05, 3.63) is 39.8 Å². The van der Waals surface area contributed by atoms with Crippen LogP contribution in [0.5, 0.6) is 11.5 Å². The Hall–Kier alpha value is -2.42. The van der Waals surface area contributed by atoms with Gasteiger partial charge in [-0.3, -0.25) is 4.99 Å². The van der Waals surface area contributed by atoms with Crippen molar-refractivity contribution < 1.29 is 18.3 Å². The van der Waals surface area contributed by atoms with E-state index in [1.54, 1.807) is 30.5 Å². The Balaban J connectivity index is 1.92. The molecule has 1 heterocycles. The molecule has 0 bridgehead atoms. The summed E-state index contributed by atoms with van der Waals surface area (Å²) in [5, 5.41) is 7.27. The van der Waals surface area contributed by atoms with E-state index >= 15 is 0 Å². The highest BCUT2D eigenvalue weighted by atomic mass is 32.1. The Morgan fingerprint density at radius 3 is 2.65 bits per heavy atom. The number of ether oxygens (including phenoxy) is 2. The zero-order valence-corrected chi connectivity index (χ0v) is 15.7. The third-order valence-corrected chi connectivity index (χ3v) is 4.63. The predicted molar refractivity (Wildman–Crippen MR) is 98.2 cm³/mol. The van der Waals surface area contributed by atoms with Crippen LogP contribution < -0.4 is 20.1 Å². The molecule has 2 N–H and O–H groups in total. The van der Waals surface area contributed by atoms with E-state index in [1.807, 2.05) is 6.20 Å². The Bertz CT molecular complexity index is 737. The van der Waals surface area contributed by atoms with Crippen LogP contribution >= 0.6 is 11.3 Å². The molecule has 1 aromatic heterocycles. The fourth-order valence-electron chi connectivity index (χ4n) is 2.18. The highest BCUT2D eigenvalue weighted by molar-refractivity contribution is 7.11. The van der Waals surface area contributed by atoms with Gasteiger partial charge in [0.1, 0.15) is 5.01 Å². The van der Waals surface area contributed by atoms with Gasteiger partial charge in [-0.25, -0.2) is 4.98 Å². The van der Waals surface area contributed by atoms with E-state index in [9.17, 15) is 8.78 Å². The lowest BCUT2D eigenvalue weighted by atomic mass is 10.2. The van der Waals surface area contributed by atoms with Crippen LogP contribution in [0.25, 0.3) is 0 Å². The normalized spacial score (nSPS) is 11.5. The number of hydrogen-bond donors (Lipinski definition) is 2. The third-order valence-electron chi connectivity index (χ3n) is 3.48. The number of benzene rings is 1. The maximum absolute atomic E-state index is 12.5. The molecule has 2 rings (SSSR count). The van der Waals surface area contributed by atoms with Gasteiger partial charge in [-0.2, -0.15) is 8.78 Å². The number of nitrogens with one attached hydrogen (secondary N) is 2. The molecule has 142 valence electrons. The molecule has 6 nitrogen and oxygen atoms in total. The molecular formula is C17H22F2N4O2S. The monoisotopic (exact) mass is 384 g/mol. The minimum absolute atomic E-state index is 0.000345. The number of methoxy groups -OCH3 is 1. The van der Waals surface area contributed by atoms with E-state index in [-0.39, 0.29) is 11.5 Å². The summed E-state index contributed by atoms with van der Waals surface area (Å²) < 4.78 is 34.5. The van der Waals surface area contributed by atoms with Crippen LogP contribution in [0.2, 0.25) is 0 Å². The Labute approximate surface area is 155 Å². The molecule has 0 radical (unpaired) electrons. The third kappa shape index (κ3) is 5.83. The molecule has 0 aliphatic heterocycles. The number of aryl methyl sites for hydroxylation is 1. The van der Waals surface area contributed by atoms with Crippen LogP contribution in [0.3, 0.4) is 0 Å². The topological polar surface area (TPSA) is 67.8 Å². The summed E-state index contributed by atoms with van der Waals surface area (Å²) in [7, 11) is 3.06. The predicted octanol–water partition coefficient (Wildman–Crippen LogP) is 3.18. The van der Waals surface area contributed by atoms with E-state index in [1.165, 1.54) is 18.1 Å². The van der Waals surface area contributed by atoms with Crippen molar-refractivity contribution in [3.8, 4) is 11.5 Å². The summed E-state index contributed by atoms with van der Waals surface area (Å²) in [5.41, 5.74) is 0.756. The SMILES string of the molecule is CCc1cnc(CNC(=NC)NCc2ccc(OC)c(OC(F)F)c2)s1. The van der Waals surface area contributed by atoms with Crippen molar-refractivity contribution in [1.82, 2.24) is 15.6 Å². The number of thiazole rings is 1. The van der Waals surface area contributed by atoms with Crippen molar-refractivity contribution in [2.75, 3.05) is 14.2 Å². The first-order valence-corrected chi connectivity index (χ1v) is 8.87.